The number of carbonyl (C=O) groups excluding carboxylic acids is 1. The van der Waals surface area contributed by atoms with Crippen LogP contribution in [0.4, 0.5) is 0 Å². The van der Waals surface area contributed by atoms with E-state index in [-0.39, 0.29) is 24.0 Å². The predicted octanol–water partition coefficient (Wildman–Crippen LogP) is 1.43. The molecule has 10 heteroatoms. The summed E-state index contributed by atoms with van der Waals surface area (Å²) in [6.07, 6.45) is 4.21. The maximum absolute atomic E-state index is 12.3. The normalized spacial score (nSPS) is 17.6. The number of carbonyl (C=O) groups is 1. The zero-order valence-corrected chi connectivity index (χ0v) is 17.4. The van der Waals surface area contributed by atoms with E-state index >= 15 is 0 Å². The van der Waals surface area contributed by atoms with Gasteiger partial charge in [0.25, 0.3) is 5.56 Å². The number of hydrogen-bond donors (Lipinski definition) is 1. The second-order valence-electron chi connectivity index (χ2n) is 7.64. The lowest BCUT2D eigenvalue weighted by molar-refractivity contribution is 0.0600. The van der Waals surface area contributed by atoms with Crippen LogP contribution in [0, 0.1) is 0 Å². The summed E-state index contributed by atoms with van der Waals surface area (Å²) >= 11 is 0. The third-order valence-electron chi connectivity index (χ3n) is 5.95. The van der Waals surface area contributed by atoms with Gasteiger partial charge in [-0.1, -0.05) is 0 Å². The molecule has 4 aliphatic heterocycles. The van der Waals surface area contributed by atoms with E-state index in [0.29, 0.717) is 35.1 Å². The number of hydrogen-bond acceptors (Lipinski definition) is 8. The largest absolute Gasteiger partial charge is 0.492 e. The first kappa shape index (κ1) is 19.4. The predicted molar refractivity (Wildman–Crippen MR) is 109 cm³/mol. The molecule has 31 heavy (non-hydrogen) atoms. The molecule has 1 aromatic carbocycles. The van der Waals surface area contributed by atoms with Crippen LogP contribution in [0.1, 0.15) is 27.5 Å². The quantitative estimate of drug-likeness (QED) is 0.625. The maximum atomic E-state index is 12.3. The van der Waals surface area contributed by atoms with Crippen molar-refractivity contribution in [3.05, 3.63) is 45.5 Å². The summed E-state index contributed by atoms with van der Waals surface area (Å²) < 4.78 is 23.7. The van der Waals surface area contributed by atoms with E-state index in [1.807, 2.05) is 17.7 Å². The van der Waals surface area contributed by atoms with Crippen molar-refractivity contribution in [1.82, 2.24) is 19.7 Å². The van der Waals surface area contributed by atoms with E-state index in [0.717, 1.165) is 24.1 Å². The van der Waals surface area contributed by atoms with Gasteiger partial charge in [0.1, 0.15) is 11.3 Å². The number of fused-ring (bicyclic) bond motifs is 3. The second kappa shape index (κ2) is 7.31. The molecule has 0 radical (unpaired) electrons. The summed E-state index contributed by atoms with van der Waals surface area (Å²) in [5, 5.41) is 6.39. The molecule has 1 aromatic rings. The number of ether oxygens (including phenoxy) is 4. The molecular weight excluding hydrogens is 404 g/mol. The number of nitrogens with one attached hydrogen (secondary N) is 1. The van der Waals surface area contributed by atoms with Crippen molar-refractivity contribution in [3.8, 4) is 28.5 Å². The van der Waals surface area contributed by atoms with Gasteiger partial charge in [-0.15, -0.1) is 0 Å². The molecule has 0 fully saturated rings. The zero-order chi connectivity index (χ0) is 21.7. The molecule has 1 N–H and O–H groups in total. The van der Waals surface area contributed by atoms with Crippen molar-refractivity contribution in [3.63, 3.8) is 0 Å². The summed E-state index contributed by atoms with van der Waals surface area (Å²) in [6, 6.07) is 1.93. The highest BCUT2D eigenvalue weighted by Crippen LogP contribution is 2.49. The fourth-order valence-electron chi connectivity index (χ4n) is 4.41. The zero-order valence-electron chi connectivity index (χ0n) is 17.4. The number of aromatic amines is 1. The molecule has 4 aliphatic rings. The third-order valence-corrected chi connectivity index (χ3v) is 5.95. The Balaban J connectivity index is 1.63. The summed E-state index contributed by atoms with van der Waals surface area (Å²) in [4.78, 5) is 26.8. The summed E-state index contributed by atoms with van der Waals surface area (Å²) in [6.45, 7) is 1.48. The Morgan fingerprint density at radius 3 is 2.94 bits per heavy atom. The van der Waals surface area contributed by atoms with Crippen molar-refractivity contribution >= 4 is 5.97 Å². The summed E-state index contributed by atoms with van der Waals surface area (Å²) in [7, 11) is 4.96. The second-order valence-corrected chi connectivity index (χ2v) is 7.64. The molecule has 0 bridgehead atoms. The fraction of sp³-hybridized carbons (Fsp3) is 0.381. The molecule has 1 atom stereocenters. The first-order valence-electron chi connectivity index (χ1n) is 9.88. The number of benzene rings is 1. The minimum Gasteiger partial charge on any atom is -0.492 e. The van der Waals surface area contributed by atoms with E-state index in [9.17, 15) is 9.59 Å². The van der Waals surface area contributed by atoms with E-state index in [2.05, 4.69) is 15.1 Å². The van der Waals surface area contributed by atoms with Crippen molar-refractivity contribution in [2.24, 2.45) is 0 Å². The van der Waals surface area contributed by atoms with Crippen LogP contribution in [0.25, 0.3) is 11.3 Å². The first-order chi connectivity index (χ1) is 15.0. The highest BCUT2D eigenvalue weighted by atomic mass is 16.7. The monoisotopic (exact) mass is 426 g/mol. The SMILES string of the molecule is COC(=O)c1cn(CC2c3c(cc4c(c3OC)OCO4)CCN2C)cc2c(=O)[nH]nc1-2. The van der Waals surface area contributed by atoms with Gasteiger partial charge in [-0.25, -0.2) is 9.89 Å². The fourth-order valence-corrected chi connectivity index (χ4v) is 4.41. The number of H-pyrrole nitrogens is 1. The van der Waals surface area contributed by atoms with Crippen LogP contribution in [-0.2, 0) is 17.7 Å². The Kier molecular flexibility index (Phi) is 4.58. The molecule has 10 nitrogen and oxygen atoms in total. The molecule has 0 aliphatic carbocycles. The number of nitrogens with zero attached hydrogens (tertiary/aromatic N) is 3. The Morgan fingerprint density at radius 1 is 1.32 bits per heavy atom. The highest BCUT2D eigenvalue weighted by Gasteiger charge is 2.34. The molecule has 0 amide bonds. The number of esters is 1. The molecule has 0 saturated heterocycles. The number of rotatable bonds is 4. The van der Waals surface area contributed by atoms with Gasteiger partial charge < -0.3 is 23.5 Å². The Labute approximate surface area is 177 Å². The van der Waals surface area contributed by atoms with Gasteiger partial charge in [0.05, 0.1) is 25.8 Å². The molecule has 1 unspecified atom stereocenters. The van der Waals surface area contributed by atoms with Gasteiger partial charge in [-0.2, -0.15) is 5.10 Å². The van der Waals surface area contributed by atoms with Crippen LogP contribution in [0.2, 0.25) is 0 Å². The van der Waals surface area contributed by atoms with Crippen LogP contribution in [-0.4, -0.2) is 60.2 Å². The van der Waals surface area contributed by atoms with Gasteiger partial charge in [-0.3, -0.25) is 9.69 Å². The number of pyridine rings is 1. The lowest BCUT2D eigenvalue weighted by Crippen LogP contribution is -2.35. The van der Waals surface area contributed by atoms with E-state index < -0.39 is 5.97 Å². The summed E-state index contributed by atoms with van der Waals surface area (Å²) in [5.74, 6) is 1.40. The number of likely N-dealkylation sites (N-methyl/N-ethyl adjacent to an activating group) is 1. The molecular formula is C21H22N4O6. The molecule has 5 rings (SSSR count). The van der Waals surface area contributed by atoms with E-state index in [4.69, 9.17) is 18.9 Å². The van der Waals surface area contributed by atoms with Gasteiger partial charge in [0, 0.05) is 31.0 Å². The van der Waals surface area contributed by atoms with Gasteiger partial charge >= 0.3 is 5.97 Å². The highest BCUT2D eigenvalue weighted by molar-refractivity contribution is 5.95. The van der Waals surface area contributed by atoms with Crippen LogP contribution in [0.5, 0.6) is 17.2 Å². The Bertz CT molecular complexity index is 1200. The van der Waals surface area contributed by atoms with E-state index in [1.54, 1.807) is 19.5 Å². The Hall–Kier alpha value is -3.53. The minimum absolute atomic E-state index is 0.0804. The molecule has 0 aromatic heterocycles. The lowest BCUT2D eigenvalue weighted by Gasteiger charge is -2.36. The van der Waals surface area contributed by atoms with Crippen molar-refractivity contribution in [2.75, 3.05) is 34.6 Å². The topological polar surface area (TPSA) is 108 Å². The molecule has 0 saturated carbocycles. The third kappa shape index (κ3) is 3.02. The molecule has 162 valence electrons. The first-order valence-corrected chi connectivity index (χ1v) is 9.88. The minimum atomic E-state index is -0.552. The van der Waals surface area contributed by atoms with Crippen LogP contribution in [0.3, 0.4) is 0 Å². The van der Waals surface area contributed by atoms with Crippen molar-refractivity contribution in [1.29, 1.82) is 0 Å². The molecule has 4 heterocycles. The van der Waals surface area contributed by atoms with Gasteiger partial charge in [0.2, 0.25) is 12.5 Å². The van der Waals surface area contributed by atoms with Gasteiger partial charge in [-0.05, 0) is 25.1 Å². The molecule has 0 spiro atoms. The van der Waals surface area contributed by atoms with Gasteiger partial charge in [0.15, 0.2) is 11.5 Å². The van der Waals surface area contributed by atoms with Crippen molar-refractivity contribution in [2.45, 2.75) is 19.0 Å². The average Bonchev–Trinajstić information content (AvgIpc) is 3.40. The maximum Gasteiger partial charge on any atom is 0.341 e. The standard InChI is InChI=1S/C21H22N4O6/c1-24-5-4-11-6-15-18(31-10-30-15)19(28-2)16(11)14(24)9-25-7-12-17(22-23-20(12)26)13(8-25)21(27)29-3/h6-8,14H,4-5,9-10H2,1-3H3,(H,23,26). The van der Waals surface area contributed by atoms with E-state index in [1.165, 1.54) is 7.11 Å². The van der Waals surface area contributed by atoms with Crippen LogP contribution in [0.15, 0.2) is 23.3 Å². The van der Waals surface area contributed by atoms with Crippen LogP contribution < -0.4 is 19.8 Å². The van der Waals surface area contributed by atoms with Crippen molar-refractivity contribution < 1.29 is 23.7 Å². The lowest BCUT2D eigenvalue weighted by atomic mass is 9.91. The smallest absolute Gasteiger partial charge is 0.341 e. The Morgan fingerprint density at radius 2 is 2.16 bits per heavy atom. The number of methoxy groups -OCH3 is 2. The van der Waals surface area contributed by atoms with Crippen LogP contribution >= 0.6 is 0 Å². The number of aromatic nitrogens is 3. The summed E-state index contributed by atoms with van der Waals surface area (Å²) in [5.41, 5.74) is 2.65. The average molecular weight is 426 g/mol.